The van der Waals surface area contributed by atoms with Crippen LogP contribution >= 0.6 is 0 Å². The normalized spacial score (nSPS) is 22.0. The molecule has 2 atom stereocenters. The first-order chi connectivity index (χ1) is 15.3. The van der Waals surface area contributed by atoms with Gasteiger partial charge in [0.1, 0.15) is 29.2 Å². The van der Waals surface area contributed by atoms with Crippen molar-refractivity contribution in [1.29, 1.82) is 0 Å². The second-order valence-electron chi connectivity index (χ2n) is 8.51. The smallest absolute Gasteiger partial charge is 0.187 e. The average molecular weight is 417 g/mol. The van der Waals surface area contributed by atoms with Crippen LogP contribution in [-0.4, -0.2) is 44.9 Å². The minimum Gasteiger partial charge on any atom is -0.485 e. The van der Waals surface area contributed by atoms with Crippen molar-refractivity contribution < 1.29 is 9.13 Å². The molecule has 0 bridgehead atoms. The van der Waals surface area contributed by atoms with Crippen molar-refractivity contribution in [3.05, 3.63) is 54.2 Å². The summed E-state index contributed by atoms with van der Waals surface area (Å²) in [5, 5.41) is 12.9. The number of nitrogens with one attached hydrogen (secondary N) is 1. The predicted molar refractivity (Wildman–Crippen MR) is 117 cm³/mol. The maximum atomic E-state index is 14.6. The molecule has 0 radical (unpaired) electrons. The number of hydrogen-bond donors (Lipinski definition) is 1. The molecule has 2 fully saturated rings. The van der Waals surface area contributed by atoms with E-state index in [0.29, 0.717) is 36.9 Å². The highest BCUT2D eigenvalue weighted by molar-refractivity contribution is 5.86. The van der Waals surface area contributed by atoms with Crippen LogP contribution in [0, 0.1) is 0 Å². The summed E-state index contributed by atoms with van der Waals surface area (Å²) >= 11 is 0. The van der Waals surface area contributed by atoms with Gasteiger partial charge in [-0.3, -0.25) is 4.40 Å². The first-order valence-corrected chi connectivity index (χ1v) is 11.0. The molecule has 2 aliphatic rings. The molecule has 6 rings (SSSR count). The fourth-order valence-corrected chi connectivity index (χ4v) is 4.35. The molecule has 1 saturated heterocycles. The summed E-state index contributed by atoms with van der Waals surface area (Å²) in [6, 6.07) is 13.9. The average Bonchev–Trinajstić information content (AvgIpc) is 3.59. The fourth-order valence-electron chi connectivity index (χ4n) is 4.35. The molecule has 3 aromatic heterocycles. The Hall–Kier alpha value is -3.06. The number of nitrogens with zero attached hydrogens (tertiary/aromatic N) is 4. The summed E-state index contributed by atoms with van der Waals surface area (Å²) in [7, 11) is 0. The third-order valence-electron chi connectivity index (χ3n) is 6.27. The number of rotatable bonds is 4. The van der Waals surface area contributed by atoms with E-state index in [1.54, 1.807) is 0 Å². The van der Waals surface area contributed by atoms with E-state index in [9.17, 15) is 4.39 Å². The summed E-state index contributed by atoms with van der Waals surface area (Å²) in [5.74, 6) is 1.96. The quantitative estimate of drug-likeness (QED) is 0.537. The van der Waals surface area contributed by atoms with E-state index in [2.05, 4.69) is 27.8 Å². The highest BCUT2D eigenvalue weighted by Gasteiger charge is 2.26. The van der Waals surface area contributed by atoms with Crippen LogP contribution in [0.3, 0.4) is 0 Å². The van der Waals surface area contributed by atoms with Crippen LogP contribution < -0.4 is 10.1 Å². The summed E-state index contributed by atoms with van der Waals surface area (Å²) in [4.78, 5) is 4.89. The fraction of sp³-hybridized carbons (Fsp3) is 0.375. The standard InChI is InChI=1S/C24H24FN5O/c25-18-10-12-26-13-11-20(18)31-21-3-1-2-16-6-8-19(27-23(16)21)24-29-28-22-9-7-17(14-30(22)24)15-4-5-15/h1-3,6-9,14-15,18,20,26H,4-5,10-13H2/t18-,20-/m0/s1. The summed E-state index contributed by atoms with van der Waals surface area (Å²) in [5.41, 5.74) is 3.56. The van der Waals surface area contributed by atoms with Crippen molar-refractivity contribution in [3.8, 4) is 17.3 Å². The van der Waals surface area contributed by atoms with Crippen LogP contribution in [0.2, 0.25) is 0 Å². The van der Waals surface area contributed by atoms with Crippen molar-refractivity contribution in [2.75, 3.05) is 13.1 Å². The predicted octanol–water partition coefficient (Wildman–Crippen LogP) is 4.29. The third kappa shape index (κ3) is 3.53. The van der Waals surface area contributed by atoms with E-state index in [1.807, 2.05) is 40.8 Å². The lowest BCUT2D eigenvalue weighted by Gasteiger charge is -2.21. The molecular formula is C24H24FN5O. The van der Waals surface area contributed by atoms with Gasteiger partial charge in [-0.15, -0.1) is 10.2 Å². The number of alkyl halides is 1. The molecule has 1 aliphatic carbocycles. The first-order valence-electron chi connectivity index (χ1n) is 11.0. The van der Waals surface area contributed by atoms with Crippen LogP contribution in [0.15, 0.2) is 48.7 Å². The Balaban J connectivity index is 1.40. The number of halogens is 1. The molecule has 1 aliphatic heterocycles. The molecule has 158 valence electrons. The summed E-state index contributed by atoms with van der Waals surface area (Å²) in [6.07, 6.45) is 4.24. The maximum absolute atomic E-state index is 14.6. The van der Waals surface area contributed by atoms with Gasteiger partial charge in [-0.25, -0.2) is 9.37 Å². The Bertz CT molecular complexity index is 1250. The number of hydrogen-bond acceptors (Lipinski definition) is 5. The van der Waals surface area contributed by atoms with Crippen LogP contribution in [0.4, 0.5) is 4.39 Å². The highest BCUT2D eigenvalue weighted by Crippen LogP contribution is 2.40. The monoisotopic (exact) mass is 417 g/mol. The molecule has 0 amide bonds. The van der Waals surface area contributed by atoms with E-state index in [1.165, 1.54) is 18.4 Å². The van der Waals surface area contributed by atoms with E-state index in [-0.39, 0.29) is 0 Å². The molecule has 4 aromatic rings. The second-order valence-corrected chi connectivity index (χ2v) is 8.51. The molecule has 1 aromatic carbocycles. The van der Waals surface area contributed by atoms with Crippen molar-refractivity contribution in [2.45, 2.75) is 43.9 Å². The van der Waals surface area contributed by atoms with Crippen molar-refractivity contribution in [3.63, 3.8) is 0 Å². The minimum absolute atomic E-state index is 0.461. The zero-order chi connectivity index (χ0) is 20.8. The molecular weight excluding hydrogens is 393 g/mol. The Morgan fingerprint density at radius 2 is 1.87 bits per heavy atom. The Kier molecular flexibility index (Phi) is 4.56. The summed E-state index contributed by atoms with van der Waals surface area (Å²) in [6.45, 7) is 1.44. The highest BCUT2D eigenvalue weighted by atomic mass is 19.1. The number of fused-ring (bicyclic) bond motifs is 2. The van der Waals surface area contributed by atoms with E-state index < -0.39 is 12.3 Å². The van der Waals surface area contributed by atoms with Crippen LogP contribution in [0.25, 0.3) is 28.1 Å². The molecule has 0 unspecified atom stereocenters. The number of aromatic nitrogens is 4. The molecule has 1 saturated carbocycles. The zero-order valence-electron chi connectivity index (χ0n) is 17.2. The first kappa shape index (κ1) is 18.7. The van der Waals surface area contributed by atoms with Crippen LogP contribution in [0.5, 0.6) is 5.75 Å². The van der Waals surface area contributed by atoms with Crippen LogP contribution in [0.1, 0.15) is 37.2 Å². The van der Waals surface area contributed by atoms with Gasteiger partial charge in [-0.1, -0.05) is 24.3 Å². The largest absolute Gasteiger partial charge is 0.485 e. The second kappa shape index (κ2) is 7.57. The molecule has 1 N–H and O–H groups in total. The van der Waals surface area contributed by atoms with Gasteiger partial charge in [0.25, 0.3) is 0 Å². The van der Waals surface area contributed by atoms with Gasteiger partial charge in [0, 0.05) is 11.6 Å². The van der Waals surface area contributed by atoms with E-state index in [4.69, 9.17) is 9.72 Å². The lowest BCUT2D eigenvalue weighted by molar-refractivity contribution is 0.0983. The van der Waals surface area contributed by atoms with Crippen molar-refractivity contribution >= 4 is 16.6 Å². The molecule has 6 nitrogen and oxygen atoms in total. The van der Waals surface area contributed by atoms with Gasteiger partial charge in [0.05, 0.1) is 0 Å². The number of pyridine rings is 2. The number of para-hydroxylation sites is 1. The molecule has 4 heterocycles. The van der Waals surface area contributed by atoms with Crippen molar-refractivity contribution in [2.24, 2.45) is 0 Å². The van der Waals surface area contributed by atoms with E-state index in [0.717, 1.165) is 28.8 Å². The van der Waals surface area contributed by atoms with E-state index >= 15 is 0 Å². The lowest BCUT2D eigenvalue weighted by atomic mass is 10.1. The van der Waals surface area contributed by atoms with Crippen molar-refractivity contribution in [1.82, 2.24) is 24.9 Å². The molecule has 31 heavy (non-hydrogen) atoms. The molecule has 7 heteroatoms. The Labute approximate surface area is 179 Å². The van der Waals surface area contributed by atoms with Gasteiger partial charge in [0.2, 0.25) is 0 Å². The van der Waals surface area contributed by atoms with Gasteiger partial charge in [0.15, 0.2) is 11.5 Å². The number of ether oxygens (including phenoxy) is 1. The van der Waals surface area contributed by atoms with Gasteiger partial charge < -0.3 is 10.1 Å². The van der Waals surface area contributed by atoms with Crippen LogP contribution in [-0.2, 0) is 0 Å². The Morgan fingerprint density at radius 3 is 2.77 bits per heavy atom. The lowest BCUT2D eigenvalue weighted by Crippen LogP contribution is -2.28. The topological polar surface area (TPSA) is 64.3 Å². The third-order valence-corrected chi connectivity index (χ3v) is 6.27. The zero-order valence-corrected chi connectivity index (χ0v) is 17.2. The molecule has 0 spiro atoms. The van der Waals surface area contributed by atoms with Gasteiger partial charge >= 0.3 is 0 Å². The Morgan fingerprint density at radius 1 is 0.968 bits per heavy atom. The SMILES string of the molecule is F[C@H]1CCNCC[C@@H]1Oc1cccc2ccc(-c3nnc4ccc(C5CC5)cn34)nc12. The number of benzene rings is 1. The maximum Gasteiger partial charge on any atom is 0.187 e. The van der Waals surface area contributed by atoms with Gasteiger partial charge in [-0.2, -0.15) is 0 Å². The summed E-state index contributed by atoms with van der Waals surface area (Å²) < 4.78 is 22.7. The minimum atomic E-state index is -0.991. The van der Waals surface area contributed by atoms with Gasteiger partial charge in [-0.05, 0) is 68.5 Å².